The average Bonchev–Trinajstić information content (AvgIpc) is 3.20. The Labute approximate surface area is 165 Å². The van der Waals surface area contributed by atoms with Crippen molar-refractivity contribution in [3.05, 3.63) is 48.8 Å². The molecule has 0 radical (unpaired) electrons. The minimum Gasteiger partial charge on any atom is -0.454 e. The minimum absolute atomic E-state index is 0.175. The molecule has 7 nitrogen and oxygen atoms in total. The molecule has 2 N–H and O–H groups in total. The molecule has 0 spiro atoms. The third-order valence-electron chi connectivity index (χ3n) is 4.63. The van der Waals surface area contributed by atoms with Gasteiger partial charge in [-0.2, -0.15) is 0 Å². The molecule has 1 atom stereocenters. The highest BCUT2D eigenvalue weighted by molar-refractivity contribution is 5.98. The van der Waals surface area contributed by atoms with Crippen LogP contribution in [0.3, 0.4) is 0 Å². The molecule has 2 aromatic rings. The van der Waals surface area contributed by atoms with Gasteiger partial charge in [-0.25, -0.2) is 4.79 Å². The van der Waals surface area contributed by atoms with Crippen molar-refractivity contribution in [2.75, 3.05) is 18.4 Å². The van der Waals surface area contributed by atoms with Crippen LogP contribution in [0.15, 0.2) is 48.8 Å². The van der Waals surface area contributed by atoms with Crippen LogP contribution in [-0.2, 0) is 4.79 Å². The van der Waals surface area contributed by atoms with E-state index in [9.17, 15) is 9.59 Å². The highest BCUT2D eigenvalue weighted by Gasteiger charge is 2.34. The number of urea groups is 1. The number of benzene rings is 1. The van der Waals surface area contributed by atoms with Gasteiger partial charge in [0.15, 0.2) is 5.75 Å². The number of para-hydroxylation sites is 2. The maximum absolute atomic E-state index is 12.9. The molecule has 3 amide bonds. The largest absolute Gasteiger partial charge is 0.454 e. The van der Waals surface area contributed by atoms with Crippen LogP contribution >= 0.6 is 0 Å². The maximum Gasteiger partial charge on any atom is 0.318 e. The number of pyridine rings is 1. The van der Waals surface area contributed by atoms with Gasteiger partial charge in [-0.15, -0.1) is 0 Å². The number of anilines is 1. The number of hydrogen-bond acceptors (Lipinski definition) is 4. The molecule has 1 aliphatic rings. The van der Waals surface area contributed by atoms with Crippen molar-refractivity contribution < 1.29 is 14.3 Å². The van der Waals surface area contributed by atoms with Gasteiger partial charge in [-0.3, -0.25) is 9.78 Å². The zero-order valence-corrected chi connectivity index (χ0v) is 16.1. The molecule has 1 saturated heterocycles. The summed E-state index contributed by atoms with van der Waals surface area (Å²) in [4.78, 5) is 30.9. The lowest BCUT2D eigenvalue weighted by atomic mass is 10.2. The van der Waals surface area contributed by atoms with Crippen LogP contribution in [0.25, 0.3) is 0 Å². The molecule has 0 aliphatic carbocycles. The van der Waals surface area contributed by atoms with Gasteiger partial charge in [0.2, 0.25) is 5.91 Å². The van der Waals surface area contributed by atoms with Crippen LogP contribution in [0.5, 0.6) is 11.5 Å². The summed E-state index contributed by atoms with van der Waals surface area (Å²) in [7, 11) is 0. The molecule has 1 aromatic carbocycles. The van der Waals surface area contributed by atoms with Gasteiger partial charge < -0.3 is 20.3 Å². The number of carbonyl (C=O) groups is 2. The molecule has 2 heterocycles. The first kappa shape index (κ1) is 19.7. The Morgan fingerprint density at radius 1 is 1.25 bits per heavy atom. The molecule has 1 fully saturated rings. The first-order valence-electron chi connectivity index (χ1n) is 9.71. The van der Waals surface area contributed by atoms with Crippen LogP contribution < -0.4 is 15.4 Å². The molecule has 1 aliphatic heterocycles. The van der Waals surface area contributed by atoms with Gasteiger partial charge in [0.25, 0.3) is 0 Å². The number of rotatable bonds is 7. The Morgan fingerprint density at radius 2 is 2.11 bits per heavy atom. The topological polar surface area (TPSA) is 83.6 Å². The van der Waals surface area contributed by atoms with E-state index >= 15 is 0 Å². The van der Waals surface area contributed by atoms with Crippen molar-refractivity contribution in [2.45, 2.75) is 38.6 Å². The third-order valence-corrected chi connectivity index (χ3v) is 4.63. The monoisotopic (exact) mass is 382 g/mol. The van der Waals surface area contributed by atoms with Crippen molar-refractivity contribution in [3.8, 4) is 11.5 Å². The minimum atomic E-state index is -0.479. The standard InChI is InChI=1S/C21H26N4O3/c1-2-3-13-23-21(27)25-14-7-10-18(25)20(26)24-17-9-4-5-11-19(17)28-16-8-6-12-22-15-16/h4-6,8-9,11-12,15,18H,2-3,7,10,13-14H2,1H3,(H,23,27)(H,24,26)/t18-/m0/s1. The smallest absolute Gasteiger partial charge is 0.318 e. The molecule has 0 bridgehead atoms. The van der Waals surface area contributed by atoms with E-state index in [1.807, 2.05) is 12.1 Å². The van der Waals surface area contributed by atoms with E-state index in [-0.39, 0.29) is 11.9 Å². The molecule has 0 unspecified atom stereocenters. The quantitative estimate of drug-likeness (QED) is 0.714. The van der Waals surface area contributed by atoms with Crippen molar-refractivity contribution >= 4 is 17.6 Å². The fourth-order valence-electron chi connectivity index (χ4n) is 3.17. The van der Waals surface area contributed by atoms with Crippen LogP contribution in [-0.4, -0.2) is 41.0 Å². The lowest BCUT2D eigenvalue weighted by Gasteiger charge is -2.24. The van der Waals surface area contributed by atoms with Crippen LogP contribution in [0.2, 0.25) is 0 Å². The summed E-state index contributed by atoms with van der Waals surface area (Å²) >= 11 is 0. The van der Waals surface area contributed by atoms with E-state index < -0.39 is 6.04 Å². The number of nitrogens with zero attached hydrogens (tertiary/aromatic N) is 2. The first-order chi connectivity index (χ1) is 13.7. The number of unbranched alkanes of at least 4 members (excludes halogenated alkanes) is 1. The number of amides is 3. The van der Waals surface area contributed by atoms with Crippen molar-refractivity contribution in [1.82, 2.24) is 15.2 Å². The first-order valence-corrected chi connectivity index (χ1v) is 9.71. The summed E-state index contributed by atoms with van der Waals surface area (Å²) in [6.07, 6.45) is 6.68. The van der Waals surface area contributed by atoms with E-state index in [0.29, 0.717) is 36.7 Å². The van der Waals surface area contributed by atoms with Crippen molar-refractivity contribution in [3.63, 3.8) is 0 Å². The Kier molecular flexibility index (Phi) is 6.84. The van der Waals surface area contributed by atoms with Crippen molar-refractivity contribution in [1.29, 1.82) is 0 Å². The van der Waals surface area contributed by atoms with Gasteiger partial charge in [-0.05, 0) is 43.5 Å². The Bertz CT molecular complexity index is 797. The number of ether oxygens (including phenoxy) is 1. The summed E-state index contributed by atoms with van der Waals surface area (Å²) in [6, 6.07) is 10.2. The second-order valence-electron chi connectivity index (χ2n) is 6.71. The third kappa shape index (κ3) is 5.00. The lowest BCUT2D eigenvalue weighted by molar-refractivity contribution is -0.119. The Morgan fingerprint density at radius 3 is 2.89 bits per heavy atom. The average molecular weight is 382 g/mol. The molecule has 3 rings (SSSR count). The van der Waals surface area contributed by atoms with Gasteiger partial charge in [0.05, 0.1) is 11.9 Å². The number of aromatic nitrogens is 1. The van der Waals surface area contributed by atoms with Crippen LogP contribution in [0.1, 0.15) is 32.6 Å². The molecule has 28 heavy (non-hydrogen) atoms. The Hall–Kier alpha value is -3.09. The van der Waals surface area contributed by atoms with E-state index in [4.69, 9.17) is 4.74 Å². The predicted octanol–water partition coefficient (Wildman–Crippen LogP) is 3.79. The highest BCUT2D eigenvalue weighted by Crippen LogP contribution is 2.29. The van der Waals surface area contributed by atoms with Crippen molar-refractivity contribution in [2.24, 2.45) is 0 Å². The molecule has 7 heteroatoms. The van der Waals surface area contributed by atoms with E-state index in [2.05, 4.69) is 22.5 Å². The normalized spacial score (nSPS) is 15.9. The zero-order valence-electron chi connectivity index (χ0n) is 16.1. The zero-order chi connectivity index (χ0) is 19.8. The maximum atomic E-state index is 12.9. The fourth-order valence-corrected chi connectivity index (χ4v) is 3.17. The van der Waals surface area contributed by atoms with Gasteiger partial charge in [0, 0.05) is 19.3 Å². The van der Waals surface area contributed by atoms with Gasteiger partial charge in [-0.1, -0.05) is 25.5 Å². The highest BCUT2D eigenvalue weighted by atomic mass is 16.5. The number of carbonyl (C=O) groups excluding carboxylic acids is 2. The lowest BCUT2D eigenvalue weighted by Crippen LogP contribution is -2.47. The molecule has 1 aromatic heterocycles. The summed E-state index contributed by atoms with van der Waals surface area (Å²) in [5.41, 5.74) is 0.564. The van der Waals surface area contributed by atoms with E-state index in [1.54, 1.807) is 41.6 Å². The molecular formula is C21H26N4O3. The number of likely N-dealkylation sites (tertiary alicyclic amines) is 1. The SMILES string of the molecule is CCCCNC(=O)N1CCC[C@H]1C(=O)Nc1ccccc1Oc1cccnc1. The van der Waals surface area contributed by atoms with Crippen LogP contribution in [0, 0.1) is 0 Å². The fraction of sp³-hybridized carbons (Fsp3) is 0.381. The number of nitrogens with one attached hydrogen (secondary N) is 2. The predicted molar refractivity (Wildman–Crippen MR) is 107 cm³/mol. The van der Waals surface area contributed by atoms with Gasteiger partial charge in [0.1, 0.15) is 11.8 Å². The second-order valence-corrected chi connectivity index (χ2v) is 6.71. The van der Waals surface area contributed by atoms with Crippen LogP contribution in [0.4, 0.5) is 10.5 Å². The summed E-state index contributed by atoms with van der Waals surface area (Å²) in [5.74, 6) is 0.910. The second kappa shape index (κ2) is 9.73. The number of hydrogen-bond donors (Lipinski definition) is 2. The molecule has 148 valence electrons. The summed E-state index contributed by atoms with van der Waals surface area (Å²) < 4.78 is 5.84. The molecule has 0 saturated carbocycles. The van der Waals surface area contributed by atoms with E-state index in [0.717, 1.165) is 19.3 Å². The Balaban J connectivity index is 1.66. The molecular weight excluding hydrogens is 356 g/mol. The van der Waals surface area contributed by atoms with Gasteiger partial charge >= 0.3 is 6.03 Å². The summed E-state index contributed by atoms with van der Waals surface area (Å²) in [5, 5.41) is 5.81. The summed E-state index contributed by atoms with van der Waals surface area (Å²) in [6.45, 7) is 3.29. The van der Waals surface area contributed by atoms with E-state index in [1.165, 1.54) is 0 Å².